The average Bonchev–Trinajstić information content (AvgIpc) is 2.28. The van der Waals surface area contributed by atoms with Crippen LogP contribution in [0.15, 0.2) is 18.2 Å². The van der Waals surface area contributed by atoms with E-state index >= 15 is 0 Å². The molecule has 0 aliphatic carbocycles. The number of nitrogens with two attached hydrogens (primary N) is 1. The van der Waals surface area contributed by atoms with Crippen molar-refractivity contribution in [1.29, 1.82) is 0 Å². The van der Waals surface area contributed by atoms with E-state index in [0.29, 0.717) is 5.82 Å². The molecule has 0 fully saturated rings. The maximum atomic E-state index is 5.49. The van der Waals surface area contributed by atoms with E-state index in [0.717, 1.165) is 22.3 Å². The summed E-state index contributed by atoms with van der Waals surface area (Å²) < 4.78 is 0. The lowest BCUT2D eigenvalue weighted by atomic mass is 10.1. The molecule has 0 saturated heterocycles. The van der Waals surface area contributed by atoms with Crippen LogP contribution < -0.4 is 11.3 Å². The second-order valence-corrected chi connectivity index (χ2v) is 4.20. The smallest absolute Gasteiger partial charge is 0.151 e. The first-order valence-corrected chi connectivity index (χ1v) is 5.37. The van der Waals surface area contributed by atoms with Crippen molar-refractivity contribution in [2.75, 3.05) is 5.43 Å². The van der Waals surface area contributed by atoms with Gasteiger partial charge in [0.05, 0.1) is 5.52 Å². The van der Waals surface area contributed by atoms with Gasteiger partial charge in [0.15, 0.2) is 5.82 Å². The van der Waals surface area contributed by atoms with Gasteiger partial charge in [-0.2, -0.15) is 0 Å². The van der Waals surface area contributed by atoms with Crippen LogP contribution >= 0.6 is 0 Å². The van der Waals surface area contributed by atoms with Crippen molar-refractivity contribution in [3.63, 3.8) is 0 Å². The summed E-state index contributed by atoms with van der Waals surface area (Å²) >= 11 is 0. The molecule has 0 amide bonds. The Labute approximate surface area is 94.9 Å². The summed E-state index contributed by atoms with van der Waals surface area (Å²) in [6, 6.07) is 6.00. The number of para-hydroxylation sites is 1. The molecule has 0 unspecified atom stereocenters. The predicted molar refractivity (Wildman–Crippen MR) is 66.2 cm³/mol. The number of anilines is 1. The molecule has 2 rings (SSSR count). The highest BCUT2D eigenvalue weighted by atomic mass is 15.3. The number of fused-ring (bicyclic) bond motifs is 1. The summed E-state index contributed by atoms with van der Waals surface area (Å²) in [7, 11) is 0. The van der Waals surface area contributed by atoms with E-state index in [9.17, 15) is 0 Å². The highest BCUT2D eigenvalue weighted by molar-refractivity contribution is 5.90. The monoisotopic (exact) mass is 216 g/mol. The van der Waals surface area contributed by atoms with Gasteiger partial charge < -0.3 is 5.43 Å². The van der Waals surface area contributed by atoms with Crippen molar-refractivity contribution in [2.24, 2.45) is 5.84 Å². The van der Waals surface area contributed by atoms with Crippen molar-refractivity contribution in [2.45, 2.75) is 26.7 Å². The molecule has 16 heavy (non-hydrogen) atoms. The van der Waals surface area contributed by atoms with Crippen LogP contribution in [0.2, 0.25) is 0 Å². The predicted octanol–water partition coefficient (Wildman–Crippen LogP) is 2.35. The molecule has 4 nitrogen and oxygen atoms in total. The molecule has 0 bridgehead atoms. The summed E-state index contributed by atoms with van der Waals surface area (Å²) in [6.07, 6.45) is 0. The Bertz CT molecular complexity index is 520. The first-order valence-electron chi connectivity index (χ1n) is 5.37. The zero-order chi connectivity index (χ0) is 11.7. The molecule has 3 N–H and O–H groups in total. The summed E-state index contributed by atoms with van der Waals surface area (Å²) in [4.78, 5) is 8.99. The van der Waals surface area contributed by atoms with E-state index in [1.54, 1.807) is 0 Å². The van der Waals surface area contributed by atoms with Crippen molar-refractivity contribution < 1.29 is 0 Å². The fourth-order valence-electron chi connectivity index (χ4n) is 1.68. The van der Waals surface area contributed by atoms with E-state index in [4.69, 9.17) is 5.84 Å². The van der Waals surface area contributed by atoms with E-state index in [1.807, 2.05) is 25.1 Å². The van der Waals surface area contributed by atoms with Crippen LogP contribution in [0, 0.1) is 6.92 Å². The zero-order valence-electron chi connectivity index (χ0n) is 9.78. The Morgan fingerprint density at radius 1 is 1.25 bits per heavy atom. The van der Waals surface area contributed by atoms with Gasteiger partial charge in [0, 0.05) is 11.3 Å². The third-order valence-electron chi connectivity index (χ3n) is 2.60. The van der Waals surface area contributed by atoms with Crippen LogP contribution in [0.4, 0.5) is 5.82 Å². The number of benzene rings is 1. The molecule has 1 aromatic carbocycles. The van der Waals surface area contributed by atoms with Gasteiger partial charge in [-0.1, -0.05) is 26.0 Å². The number of aryl methyl sites for hydroxylation is 1. The molecule has 0 radical (unpaired) electrons. The minimum atomic E-state index is 0.288. The molecule has 1 aromatic heterocycles. The van der Waals surface area contributed by atoms with Crippen LogP contribution in [-0.2, 0) is 0 Å². The fourth-order valence-corrected chi connectivity index (χ4v) is 1.68. The Kier molecular flexibility index (Phi) is 2.75. The zero-order valence-corrected chi connectivity index (χ0v) is 9.78. The quantitative estimate of drug-likeness (QED) is 0.597. The maximum absolute atomic E-state index is 5.49. The molecule has 1 heterocycles. The molecule has 0 spiro atoms. The molecular formula is C12H16N4. The third-order valence-corrected chi connectivity index (χ3v) is 2.60. The Morgan fingerprint density at radius 3 is 2.62 bits per heavy atom. The van der Waals surface area contributed by atoms with Gasteiger partial charge in [0.1, 0.15) is 5.82 Å². The van der Waals surface area contributed by atoms with Crippen molar-refractivity contribution in [3.05, 3.63) is 29.6 Å². The number of hydrogen-bond donors (Lipinski definition) is 2. The van der Waals surface area contributed by atoms with Crippen LogP contribution in [-0.4, -0.2) is 9.97 Å². The lowest BCUT2D eigenvalue weighted by molar-refractivity contribution is 0.783. The minimum Gasteiger partial charge on any atom is -0.308 e. The van der Waals surface area contributed by atoms with E-state index in [2.05, 4.69) is 29.2 Å². The Morgan fingerprint density at radius 2 is 2.00 bits per heavy atom. The minimum absolute atomic E-state index is 0.288. The van der Waals surface area contributed by atoms with Gasteiger partial charge in [0.25, 0.3) is 0 Å². The highest BCUT2D eigenvalue weighted by Gasteiger charge is 2.10. The molecule has 0 aliphatic rings. The standard InChI is InChI=1S/C12H16N4/c1-7(2)11-14-10-8(3)5-4-6-9(10)12(15-11)16-13/h4-7H,13H2,1-3H3,(H,14,15,16). The maximum Gasteiger partial charge on any atom is 0.151 e. The molecule has 2 aromatic rings. The number of hydrogen-bond acceptors (Lipinski definition) is 4. The summed E-state index contributed by atoms with van der Waals surface area (Å²) in [5.41, 5.74) is 4.75. The van der Waals surface area contributed by atoms with Gasteiger partial charge in [-0.3, -0.25) is 0 Å². The van der Waals surface area contributed by atoms with Gasteiger partial charge in [-0.05, 0) is 18.6 Å². The lowest BCUT2D eigenvalue weighted by Gasteiger charge is -2.11. The number of nitrogens with one attached hydrogen (secondary N) is 1. The third kappa shape index (κ3) is 1.72. The van der Waals surface area contributed by atoms with E-state index in [-0.39, 0.29) is 5.92 Å². The van der Waals surface area contributed by atoms with E-state index < -0.39 is 0 Å². The summed E-state index contributed by atoms with van der Waals surface area (Å²) in [6.45, 7) is 6.18. The fraction of sp³-hybridized carbons (Fsp3) is 0.333. The van der Waals surface area contributed by atoms with Gasteiger partial charge in [-0.25, -0.2) is 15.8 Å². The number of rotatable bonds is 2. The van der Waals surface area contributed by atoms with Crippen LogP contribution in [0.5, 0.6) is 0 Å². The molecule has 0 atom stereocenters. The van der Waals surface area contributed by atoms with Crippen LogP contribution in [0.25, 0.3) is 10.9 Å². The topological polar surface area (TPSA) is 63.8 Å². The molecule has 4 heteroatoms. The number of aromatic nitrogens is 2. The highest BCUT2D eigenvalue weighted by Crippen LogP contribution is 2.24. The number of nitrogen functional groups attached to an aromatic ring is 1. The molecular weight excluding hydrogens is 200 g/mol. The largest absolute Gasteiger partial charge is 0.308 e. The molecule has 0 saturated carbocycles. The normalized spacial score (nSPS) is 11.1. The van der Waals surface area contributed by atoms with Gasteiger partial charge in [-0.15, -0.1) is 0 Å². The molecule has 84 valence electrons. The van der Waals surface area contributed by atoms with Crippen molar-refractivity contribution in [3.8, 4) is 0 Å². The summed E-state index contributed by atoms with van der Waals surface area (Å²) in [5, 5.41) is 0.965. The SMILES string of the molecule is Cc1cccc2c(NN)nc(C(C)C)nc12. The number of nitrogens with zero attached hydrogens (tertiary/aromatic N) is 2. The number of hydrazine groups is 1. The second-order valence-electron chi connectivity index (χ2n) is 4.20. The first kappa shape index (κ1) is 10.8. The van der Waals surface area contributed by atoms with Crippen molar-refractivity contribution in [1.82, 2.24) is 9.97 Å². The lowest BCUT2D eigenvalue weighted by Crippen LogP contribution is -2.12. The Hall–Kier alpha value is -1.68. The van der Waals surface area contributed by atoms with Crippen LogP contribution in [0.1, 0.15) is 31.2 Å². The first-order chi connectivity index (χ1) is 7.63. The summed E-state index contributed by atoms with van der Waals surface area (Å²) in [5.74, 6) is 7.29. The van der Waals surface area contributed by atoms with Gasteiger partial charge in [0.2, 0.25) is 0 Å². The van der Waals surface area contributed by atoms with Crippen LogP contribution in [0.3, 0.4) is 0 Å². The van der Waals surface area contributed by atoms with Gasteiger partial charge >= 0.3 is 0 Å². The Balaban J connectivity index is 2.79. The second kappa shape index (κ2) is 4.06. The van der Waals surface area contributed by atoms with Crippen molar-refractivity contribution >= 4 is 16.7 Å². The van der Waals surface area contributed by atoms with E-state index in [1.165, 1.54) is 0 Å². The molecule has 0 aliphatic heterocycles. The average molecular weight is 216 g/mol.